The third kappa shape index (κ3) is 3.09. The highest BCUT2D eigenvalue weighted by molar-refractivity contribution is 7.99. The number of aromatic nitrogens is 3. The van der Waals surface area contributed by atoms with E-state index in [-0.39, 0.29) is 17.6 Å². The average molecular weight is 317 g/mol. The molecular weight excluding hydrogens is 307 g/mol. The lowest BCUT2D eigenvalue weighted by atomic mass is 10.4. The van der Waals surface area contributed by atoms with Crippen molar-refractivity contribution in [1.82, 2.24) is 15.0 Å². The maximum atomic E-state index is 9.15. The van der Waals surface area contributed by atoms with Gasteiger partial charge in [-0.1, -0.05) is 35.0 Å². The van der Waals surface area contributed by atoms with Crippen LogP contribution in [-0.2, 0) is 6.61 Å². The second-order valence-corrected chi connectivity index (χ2v) is 5.39. The molecule has 0 spiro atoms. The zero-order valence-corrected chi connectivity index (χ0v) is 12.2. The fourth-order valence-electron chi connectivity index (χ4n) is 1.33. The van der Waals surface area contributed by atoms with Crippen LogP contribution in [-0.4, -0.2) is 20.1 Å². The van der Waals surface area contributed by atoms with E-state index in [2.05, 4.69) is 15.0 Å². The normalized spacial score (nSPS) is 10.7. The predicted octanol–water partition coefficient (Wildman–Crippen LogP) is 2.71. The minimum Gasteiger partial charge on any atom is -0.390 e. The number of hydrogen-bond acceptors (Lipinski definition) is 6. The van der Waals surface area contributed by atoms with E-state index in [4.69, 9.17) is 34.0 Å². The Labute approximate surface area is 124 Å². The van der Waals surface area contributed by atoms with Crippen molar-refractivity contribution in [3.63, 3.8) is 0 Å². The van der Waals surface area contributed by atoms with Crippen molar-refractivity contribution >= 4 is 40.8 Å². The van der Waals surface area contributed by atoms with Crippen LogP contribution in [0, 0.1) is 6.92 Å². The van der Waals surface area contributed by atoms with E-state index in [0.717, 1.165) is 4.90 Å². The van der Waals surface area contributed by atoms with E-state index >= 15 is 0 Å². The summed E-state index contributed by atoms with van der Waals surface area (Å²) in [7, 11) is 0. The summed E-state index contributed by atoms with van der Waals surface area (Å²) in [4.78, 5) is 13.0. The van der Waals surface area contributed by atoms with E-state index in [1.54, 1.807) is 19.2 Å². The molecule has 0 saturated heterocycles. The molecule has 2 aromatic rings. The highest BCUT2D eigenvalue weighted by atomic mass is 35.5. The van der Waals surface area contributed by atoms with Crippen LogP contribution in [0.1, 0.15) is 11.4 Å². The Morgan fingerprint density at radius 1 is 1.37 bits per heavy atom. The number of aliphatic hydroxyl groups excluding tert-OH is 1. The van der Waals surface area contributed by atoms with Crippen molar-refractivity contribution in [2.24, 2.45) is 0 Å². The second kappa shape index (κ2) is 5.92. The number of hydrogen-bond donors (Lipinski definition) is 2. The van der Waals surface area contributed by atoms with Crippen molar-refractivity contribution in [2.45, 2.75) is 23.5 Å². The summed E-state index contributed by atoms with van der Waals surface area (Å²) < 4.78 is 0. The van der Waals surface area contributed by atoms with Gasteiger partial charge in [-0.25, -0.2) is 15.0 Å². The van der Waals surface area contributed by atoms with Gasteiger partial charge in [-0.05, 0) is 13.0 Å². The first kappa shape index (κ1) is 14.3. The number of nitrogen functional groups attached to an aromatic ring is 1. The highest BCUT2D eigenvalue weighted by Crippen LogP contribution is 2.35. The molecule has 100 valence electrons. The standard InChI is InChI=1S/C11H10Cl2N4OS/c1-5-11(17-6(4-18)9(13)16-5)19-7-2-3-15-10(14)8(7)12/h2-3,18H,4H2,1H3,(H2,14,15). The zero-order chi connectivity index (χ0) is 14.0. The van der Waals surface area contributed by atoms with Crippen LogP contribution in [0.2, 0.25) is 10.2 Å². The number of rotatable bonds is 3. The molecule has 3 N–H and O–H groups in total. The third-order valence-electron chi connectivity index (χ3n) is 2.29. The maximum Gasteiger partial charge on any atom is 0.153 e. The lowest BCUT2D eigenvalue weighted by Gasteiger charge is -2.09. The molecule has 0 radical (unpaired) electrons. The van der Waals surface area contributed by atoms with Gasteiger partial charge >= 0.3 is 0 Å². The average Bonchev–Trinajstić information content (AvgIpc) is 2.38. The Morgan fingerprint density at radius 3 is 2.79 bits per heavy atom. The van der Waals surface area contributed by atoms with Gasteiger partial charge in [-0.2, -0.15) is 0 Å². The minimum absolute atomic E-state index is 0.199. The summed E-state index contributed by atoms with van der Waals surface area (Å²) in [6.45, 7) is 1.51. The van der Waals surface area contributed by atoms with E-state index in [9.17, 15) is 0 Å². The van der Waals surface area contributed by atoms with Crippen LogP contribution in [0.25, 0.3) is 0 Å². The van der Waals surface area contributed by atoms with E-state index in [1.807, 2.05) is 0 Å². The number of nitrogens with zero attached hydrogens (tertiary/aromatic N) is 3. The predicted molar refractivity (Wildman–Crippen MR) is 75.5 cm³/mol. The van der Waals surface area contributed by atoms with Gasteiger partial charge in [0.05, 0.1) is 17.3 Å². The number of nitrogens with two attached hydrogens (primary N) is 1. The van der Waals surface area contributed by atoms with Crippen molar-refractivity contribution in [3.8, 4) is 0 Å². The number of aliphatic hydroxyl groups is 1. The van der Waals surface area contributed by atoms with Crippen molar-refractivity contribution in [2.75, 3.05) is 5.73 Å². The zero-order valence-electron chi connectivity index (χ0n) is 9.89. The fraction of sp³-hybridized carbons (Fsp3) is 0.182. The first-order valence-corrected chi connectivity index (χ1v) is 6.82. The summed E-state index contributed by atoms with van der Waals surface area (Å²) in [5.41, 5.74) is 6.62. The topological polar surface area (TPSA) is 84.9 Å². The van der Waals surface area contributed by atoms with Gasteiger partial charge in [0.25, 0.3) is 0 Å². The molecule has 0 fully saturated rings. The molecule has 2 aromatic heterocycles. The minimum atomic E-state index is -0.272. The summed E-state index contributed by atoms with van der Waals surface area (Å²) >= 11 is 13.2. The van der Waals surface area contributed by atoms with E-state index in [1.165, 1.54) is 11.8 Å². The van der Waals surface area contributed by atoms with E-state index in [0.29, 0.717) is 21.4 Å². The Hall–Kier alpha value is -1.08. The van der Waals surface area contributed by atoms with Gasteiger partial charge in [0, 0.05) is 11.1 Å². The summed E-state index contributed by atoms with van der Waals surface area (Å²) in [6, 6.07) is 1.73. The molecule has 19 heavy (non-hydrogen) atoms. The third-order valence-corrected chi connectivity index (χ3v) is 4.24. The first-order valence-electron chi connectivity index (χ1n) is 5.24. The molecule has 0 aromatic carbocycles. The van der Waals surface area contributed by atoms with Gasteiger partial charge in [-0.3, -0.25) is 0 Å². The number of halogens is 2. The Balaban J connectivity index is 2.41. The molecule has 0 atom stereocenters. The van der Waals surface area contributed by atoms with Crippen LogP contribution in [0.3, 0.4) is 0 Å². The quantitative estimate of drug-likeness (QED) is 0.905. The highest BCUT2D eigenvalue weighted by Gasteiger charge is 2.13. The molecule has 0 aliphatic rings. The molecule has 8 heteroatoms. The van der Waals surface area contributed by atoms with Crippen molar-refractivity contribution in [1.29, 1.82) is 0 Å². The van der Waals surface area contributed by atoms with Crippen molar-refractivity contribution in [3.05, 3.63) is 33.8 Å². The summed E-state index contributed by atoms with van der Waals surface area (Å²) in [5.74, 6) is 0.258. The second-order valence-electron chi connectivity index (χ2n) is 3.62. The molecule has 0 aliphatic carbocycles. The number of pyridine rings is 1. The largest absolute Gasteiger partial charge is 0.390 e. The molecule has 0 aliphatic heterocycles. The first-order chi connectivity index (χ1) is 9.02. The van der Waals surface area contributed by atoms with Crippen LogP contribution in [0.5, 0.6) is 0 Å². The molecule has 0 saturated carbocycles. The molecule has 2 rings (SSSR count). The van der Waals surface area contributed by atoms with Gasteiger partial charge in [0.2, 0.25) is 0 Å². The Kier molecular flexibility index (Phi) is 4.46. The molecule has 0 bridgehead atoms. The Bertz CT molecular complexity index is 624. The lowest BCUT2D eigenvalue weighted by molar-refractivity contribution is 0.275. The number of aryl methyl sites for hydroxylation is 1. The Morgan fingerprint density at radius 2 is 2.11 bits per heavy atom. The summed E-state index contributed by atoms with van der Waals surface area (Å²) in [6.07, 6.45) is 1.56. The SMILES string of the molecule is Cc1nc(Cl)c(CO)nc1Sc1ccnc(N)c1Cl. The van der Waals surface area contributed by atoms with Crippen LogP contribution >= 0.6 is 35.0 Å². The van der Waals surface area contributed by atoms with E-state index < -0.39 is 0 Å². The lowest BCUT2D eigenvalue weighted by Crippen LogP contribution is -1.99. The smallest absolute Gasteiger partial charge is 0.153 e. The molecule has 0 amide bonds. The molecule has 2 heterocycles. The van der Waals surface area contributed by atoms with Crippen molar-refractivity contribution < 1.29 is 5.11 Å². The van der Waals surface area contributed by atoms with Gasteiger partial charge in [0.15, 0.2) is 5.15 Å². The van der Waals surface area contributed by atoms with Gasteiger partial charge < -0.3 is 10.8 Å². The summed E-state index contributed by atoms with van der Waals surface area (Å²) in [5, 5.41) is 10.3. The van der Waals surface area contributed by atoms with Crippen LogP contribution in [0.4, 0.5) is 5.82 Å². The molecular formula is C11H10Cl2N4OS. The molecule has 0 unspecified atom stereocenters. The maximum absolute atomic E-state index is 9.15. The monoisotopic (exact) mass is 316 g/mol. The van der Waals surface area contributed by atoms with Gasteiger partial charge in [0.1, 0.15) is 16.5 Å². The van der Waals surface area contributed by atoms with Gasteiger partial charge in [-0.15, -0.1) is 0 Å². The molecule has 5 nitrogen and oxygen atoms in total. The van der Waals surface area contributed by atoms with Crippen LogP contribution < -0.4 is 5.73 Å². The fourth-order valence-corrected chi connectivity index (χ4v) is 2.67. The number of anilines is 1. The van der Waals surface area contributed by atoms with Crippen LogP contribution in [0.15, 0.2) is 22.2 Å².